The lowest BCUT2D eigenvalue weighted by molar-refractivity contribution is -0.120. The fourth-order valence-corrected chi connectivity index (χ4v) is 3.36. The summed E-state index contributed by atoms with van der Waals surface area (Å²) in [4.78, 5) is 22.7. The van der Waals surface area contributed by atoms with Gasteiger partial charge in [0.1, 0.15) is 5.69 Å². The predicted octanol–water partition coefficient (Wildman–Crippen LogP) is 1.97. The maximum Gasteiger partial charge on any atom is 0.253 e. The maximum atomic E-state index is 13.5. The number of rotatable bonds is 7. The van der Waals surface area contributed by atoms with E-state index in [9.17, 15) is 35.6 Å². The van der Waals surface area contributed by atoms with Crippen LogP contribution in [-0.2, 0) is 19.6 Å². The number of anilines is 2. The topological polar surface area (TPSA) is 108 Å². The fourth-order valence-electron chi connectivity index (χ4n) is 2.24. The number of hydrazine groups is 1. The molecule has 0 aliphatic rings. The van der Waals surface area contributed by atoms with Gasteiger partial charge in [0.15, 0.2) is 23.3 Å². The summed E-state index contributed by atoms with van der Waals surface area (Å²) >= 11 is 0. The number of nitrogens with one attached hydrogen (secondary N) is 3. The molecular weight excluding hydrogens is 432 g/mol. The molecular formula is C17H16F4N4O4S. The third kappa shape index (κ3) is 5.24. The van der Waals surface area contributed by atoms with Crippen molar-refractivity contribution in [1.29, 1.82) is 0 Å². The largest absolute Gasteiger partial charge is 0.326 e. The van der Waals surface area contributed by atoms with Gasteiger partial charge in [-0.1, -0.05) is 0 Å². The van der Waals surface area contributed by atoms with Crippen molar-refractivity contribution in [3.63, 3.8) is 0 Å². The van der Waals surface area contributed by atoms with Crippen molar-refractivity contribution in [3.05, 3.63) is 53.6 Å². The molecule has 3 N–H and O–H groups in total. The second kappa shape index (κ2) is 9.09. The van der Waals surface area contributed by atoms with Crippen molar-refractivity contribution in [2.45, 2.75) is 11.8 Å². The van der Waals surface area contributed by atoms with Crippen LogP contribution in [0.15, 0.2) is 35.2 Å². The molecule has 2 rings (SSSR count). The van der Waals surface area contributed by atoms with E-state index in [0.29, 0.717) is 9.99 Å². The number of benzene rings is 2. The number of hydrogen-bond acceptors (Lipinski definition) is 5. The van der Waals surface area contributed by atoms with Crippen molar-refractivity contribution in [2.75, 3.05) is 24.3 Å². The van der Waals surface area contributed by atoms with E-state index in [0.717, 1.165) is 7.05 Å². The van der Waals surface area contributed by atoms with E-state index in [1.165, 1.54) is 31.2 Å². The molecule has 0 atom stereocenters. The number of carbonyl (C=O) groups excluding carboxylic acids is 2. The molecule has 0 aliphatic carbocycles. The quantitative estimate of drug-likeness (QED) is 0.341. The van der Waals surface area contributed by atoms with Gasteiger partial charge in [0, 0.05) is 25.7 Å². The number of carbonyl (C=O) groups is 2. The Hall–Kier alpha value is -3.19. The zero-order valence-electron chi connectivity index (χ0n) is 15.6. The predicted molar refractivity (Wildman–Crippen MR) is 98.6 cm³/mol. The second-order valence-corrected chi connectivity index (χ2v) is 8.03. The first-order valence-corrected chi connectivity index (χ1v) is 9.59. The average Bonchev–Trinajstić information content (AvgIpc) is 2.66. The molecule has 0 radical (unpaired) electrons. The van der Waals surface area contributed by atoms with E-state index in [1.54, 1.807) is 10.9 Å². The first-order chi connectivity index (χ1) is 13.9. The molecule has 2 amide bonds. The highest BCUT2D eigenvalue weighted by Crippen LogP contribution is 2.23. The van der Waals surface area contributed by atoms with Crippen molar-refractivity contribution in [1.82, 2.24) is 9.73 Å². The van der Waals surface area contributed by atoms with Crippen LogP contribution in [0.2, 0.25) is 0 Å². The van der Waals surface area contributed by atoms with Crippen LogP contribution in [-0.4, -0.2) is 38.1 Å². The molecule has 8 nitrogen and oxygen atoms in total. The summed E-state index contributed by atoms with van der Waals surface area (Å²) in [5.74, 6) is -8.33. The van der Waals surface area contributed by atoms with Gasteiger partial charge in [-0.15, -0.1) is 0 Å². The monoisotopic (exact) mass is 448 g/mol. The van der Waals surface area contributed by atoms with Gasteiger partial charge in [-0.3, -0.25) is 20.4 Å². The van der Waals surface area contributed by atoms with Crippen molar-refractivity contribution in [2.24, 2.45) is 0 Å². The van der Waals surface area contributed by atoms with Gasteiger partial charge in [0.05, 0.1) is 11.4 Å². The van der Waals surface area contributed by atoms with Gasteiger partial charge in [0.2, 0.25) is 15.9 Å². The number of likely N-dealkylation sites (N-methyl/N-ethyl adjacent to an activating group) is 1. The van der Waals surface area contributed by atoms with E-state index in [4.69, 9.17) is 0 Å². The maximum absolute atomic E-state index is 13.5. The summed E-state index contributed by atoms with van der Waals surface area (Å²) in [6, 6.07) is 5.08. The molecule has 30 heavy (non-hydrogen) atoms. The van der Waals surface area contributed by atoms with Gasteiger partial charge in [-0.2, -0.15) is 4.31 Å². The van der Waals surface area contributed by atoms with E-state index in [1.807, 2.05) is 0 Å². The zero-order chi connectivity index (χ0) is 22.6. The molecule has 13 heteroatoms. The van der Waals surface area contributed by atoms with Crippen LogP contribution in [0.25, 0.3) is 0 Å². The fraction of sp³-hybridized carbons (Fsp3) is 0.176. The molecule has 0 saturated carbocycles. The molecule has 2 aromatic rings. The Morgan fingerprint density at radius 2 is 1.53 bits per heavy atom. The number of nitrogens with zero attached hydrogens (tertiary/aromatic N) is 1. The highest BCUT2D eigenvalue weighted by molar-refractivity contribution is 7.89. The molecule has 0 spiro atoms. The van der Waals surface area contributed by atoms with Gasteiger partial charge >= 0.3 is 0 Å². The van der Waals surface area contributed by atoms with Crippen LogP contribution in [0.5, 0.6) is 0 Å². The van der Waals surface area contributed by atoms with E-state index < -0.39 is 51.4 Å². The summed E-state index contributed by atoms with van der Waals surface area (Å²) in [5, 5.41) is 2.46. The minimum atomic E-state index is -4.13. The summed E-state index contributed by atoms with van der Waals surface area (Å²) < 4.78 is 79.0. The lowest BCUT2D eigenvalue weighted by Gasteiger charge is -2.18. The van der Waals surface area contributed by atoms with Gasteiger partial charge in [0.25, 0.3) is 5.91 Å². The van der Waals surface area contributed by atoms with Crippen LogP contribution in [0.1, 0.15) is 6.92 Å². The second-order valence-electron chi connectivity index (χ2n) is 5.98. The van der Waals surface area contributed by atoms with Crippen molar-refractivity contribution < 1.29 is 35.6 Å². The molecule has 0 aromatic heterocycles. The Morgan fingerprint density at radius 1 is 1.00 bits per heavy atom. The van der Waals surface area contributed by atoms with Gasteiger partial charge in [-0.05, 0) is 24.3 Å². The summed E-state index contributed by atoms with van der Waals surface area (Å²) in [6.45, 7) is 0.491. The SMILES string of the molecule is CC(=O)Nc1ccc(S(=O)(=O)N(C)CC(=O)NNc2c(F)c(F)cc(F)c2F)cc1. The third-order valence-electron chi connectivity index (χ3n) is 3.69. The van der Waals surface area contributed by atoms with Crippen LogP contribution in [0, 0.1) is 23.3 Å². The molecule has 0 aliphatic heterocycles. The smallest absolute Gasteiger partial charge is 0.253 e. The molecule has 162 valence electrons. The van der Waals surface area contributed by atoms with Crippen LogP contribution in [0.4, 0.5) is 28.9 Å². The average molecular weight is 448 g/mol. The minimum Gasteiger partial charge on any atom is -0.326 e. The van der Waals surface area contributed by atoms with E-state index in [2.05, 4.69) is 5.32 Å². The summed E-state index contributed by atoms with van der Waals surface area (Å²) in [6.07, 6.45) is 0. The van der Waals surface area contributed by atoms with E-state index in [-0.39, 0.29) is 16.9 Å². The summed E-state index contributed by atoms with van der Waals surface area (Å²) in [5.41, 5.74) is 2.54. The highest BCUT2D eigenvalue weighted by atomic mass is 32.2. The number of sulfonamides is 1. The Balaban J connectivity index is 2.06. The standard InChI is InChI=1S/C17H16F4N4O4S/c1-9(26)22-10-3-5-11(6-4-10)30(28,29)25(2)8-14(27)23-24-17-15(20)12(18)7-13(19)16(17)21/h3-7,24H,8H2,1-2H3,(H,22,26)(H,23,27). The Labute approximate surface area is 168 Å². The molecule has 0 saturated heterocycles. The normalized spacial score (nSPS) is 11.3. The molecule has 0 bridgehead atoms. The minimum absolute atomic E-state index is 0.00473. The zero-order valence-corrected chi connectivity index (χ0v) is 16.4. The Kier molecular flexibility index (Phi) is 7.00. The summed E-state index contributed by atoms with van der Waals surface area (Å²) in [7, 11) is -3.06. The van der Waals surface area contributed by atoms with E-state index >= 15 is 0 Å². The van der Waals surface area contributed by atoms with Crippen LogP contribution < -0.4 is 16.2 Å². The number of hydrogen-bond donors (Lipinski definition) is 3. The molecule has 0 fully saturated rings. The first kappa shape index (κ1) is 23.1. The first-order valence-electron chi connectivity index (χ1n) is 8.15. The number of amides is 2. The Morgan fingerprint density at radius 3 is 2.03 bits per heavy atom. The third-order valence-corrected chi connectivity index (χ3v) is 5.51. The lowest BCUT2D eigenvalue weighted by atomic mass is 10.2. The van der Waals surface area contributed by atoms with Crippen LogP contribution in [0.3, 0.4) is 0 Å². The van der Waals surface area contributed by atoms with Gasteiger partial charge < -0.3 is 5.32 Å². The molecule has 2 aromatic carbocycles. The lowest BCUT2D eigenvalue weighted by Crippen LogP contribution is -2.41. The number of halogens is 4. The van der Waals surface area contributed by atoms with Gasteiger partial charge in [-0.25, -0.2) is 26.0 Å². The van der Waals surface area contributed by atoms with Crippen molar-refractivity contribution in [3.8, 4) is 0 Å². The molecule has 0 unspecified atom stereocenters. The highest BCUT2D eigenvalue weighted by Gasteiger charge is 2.24. The molecule has 0 heterocycles. The van der Waals surface area contributed by atoms with Crippen LogP contribution >= 0.6 is 0 Å². The Bertz CT molecular complexity index is 1050. The van der Waals surface area contributed by atoms with Crippen molar-refractivity contribution >= 4 is 33.2 Å².